The maximum atomic E-state index is 10.1. The van der Waals surface area contributed by atoms with E-state index >= 15 is 0 Å². The number of rotatable bonds is 7. The standard InChI is InChI=1S/C28H30N8O2/c1-17-9-31-27(32-10-17)34-25-19-6-20(25)14-35(13-19)24-5-4-18(11-30-24)23-7-22(38-16-28(2,3)37)15-36-26(23)21(8-29)12-33-36/h4-5,7,9-12,15,19-20,25,37H,6,13-14,16H2,1-3H3,(H,31,32,34). The second-order valence-electron chi connectivity index (χ2n) is 11.0. The molecule has 4 aromatic rings. The number of aliphatic hydroxyl groups is 1. The smallest absolute Gasteiger partial charge is 0.222 e. The summed E-state index contributed by atoms with van der Waals surface area (Å²) < 4.78 is 7.48. The average Bonchev–Trinajstić information content (AvgIpc) is 3.34. The number of nitrogens with one attached hydrogen (secondary N) is 1. The topological polar surface area (TPSA) is 124 Å². The Hall–Kier alpha value is -4.23. The highest BCUT2D eigenvalue weighted by Crippen LogP contribution is 2.42. The van der Waals surface area contributed by atoms with Crippen molar-refractivity contribution in [2.45, 2.75) is 38.8 Å². The number of aromatic nitrogens is 5. The van der Waals surface area contributed by atoms with Gasteiger partial charge in [0.05, 0.1) is 29.1 Å². The molecule has 3 fully saturated rings. The van der Waals surface area contributed by atoms with E-state index in [1.54, 1.807) is 30.8 Å². The number of ether oxygens (including phenoxy) is 1. The first-order valence-electron chi connectivity index (χ1n) is 12.8. The van der Waals surface area contributed by atoms with Gasteiger partial charge in [-0.25, -0.2) is 19.5 Å². The Labute approximate surface area is 220 Å². The summed E-state index contributed by atoms with van der Waals surface area (Å²) >= 11 is 0. The molecule has 2 N–H and O–H groups in total. The Morgan fingerprint density at radius 1 is 1.13 bits per heavy atom. The fourth-order valence-corrected chi connectivity index (χ4v) is 5.40. The van der Waals surface area contributed by atoms with Gasteiger partial charge in [0.15, 0.2) is 0 Å². The third-order valence-electron chi connectivity index (χ3n) is 7.29. The van der Waals surface area contributed by atoms with Gasteiger partial charge in [-0.3, -0.25) is 0 Å². The number of fused-ring (bicyclic) bond motifs is 3. The molecule has 3 aliphatic rings. The van der Waals surface area contributed by atoms with Crippen molar-refractivity contribution in [3.63, 3.8) is 0 Å². The monoisotopic (exact) mass is 510 g/mol. The molecule has 0 radical (unpaired) electrons. The van der Waals surface area contributed by atoms with Crippen LogP contribution in [0.25, 0.3) is 16.6 Å². The van der Waals surface area contributed by atoms with Gasteiger partial charge in [-0.15, -0.1) is 0 Å². The predicted octanol–water partition coefficient (Wildman–Crippen LogP) is 3.45. The maximum Gasteiger partial charge on any atom is 0.222 e. The minimum atomic E-state index is -0.975. The normalized spacial score (nSPS) is 20.6. The lowest BCUT2D eigenvalue weighted by atomic mass is 9.66. The molecule has 2 aliphatic heterocycles. The van der Waals surface area contributed by atoms with Crippen molar-refractivity contribution in [3.8, 4) is 22.9 Å². The van der Waals surface area contributed by atoms with Crippen LogP contribution in [0.15, 0.2) is 49.2 Å². The molecule has 2 saturated heterocycles. The minimum absolute atomic E-state index is 0.130. The van der Waals surface area contributed by atoms with E-state index in [2.05, 4.69) is 31.4 Å². The van der Waals surface area contributed by atoms with Crippen LogP contribution in [-0.4, -0.2) is 61.0 Å². The van der Waals surface area contributed by atoms with Crippen LogP contribution in [0.2, 0.25) is 0 Å². The van der Waals surface area contributed by atoms with Gasteiger partial charge in [0.25, 0.3) is 0 Å². The first kappa shape index (κ1) is 24.1. The molecule has 4 aromatic heterocycles. The van der Waals surface area contributed by atoms with Gasteiger partial charge in [-0.05, 0) is 62.8 Å². The highest BCUT2D eigenvalue weighted by molar-refractivity contribution is 5.85. The third-order valence-corrected chi connectivity index (χ3v) is 7.29. The van der Waals surface area contributed by atoms with Gasteiger partial charge in [-0.2, -0.15) is 10.4 Å². The average molecular weight is 511 g/mol. The van der Waals surface area contributed by atoms with Crippen molar-refractivity contribution < 1.29 is 9.84 Å². The quantitative estimate of drug-likeness (QED) is 0.385. The van der Waals surface area contributed by atoms with E-state index in [0.29, 0.717) is 40.7 Å². The highest BCUT2D eigenvalue weighted by atomic mass is 16.5. The van der Waals surface area contributed by atoms with E-state index in [9.17, 15) is 10.4 Å². The Morgan fingerprint density at radius 2 is 1.89 bits per heavy atom. The molecule has 7 rings (SSSR count). The van der Waals surface area contributed by atoms with Gasteiger partial charge in [0, 0.05) is 48.8 Å². The Kier molecular flexibility index (Phi) is 5.88. The molecule has 10 nitrogen and oxygen atoms in total. The molecule has 1 aliphatic carbocycles. The third kappa shape index (κ3) is 4.61. The maximum absolute atomic E-state index is 10.1. The van der Waals surface area contributed by atoms with E-state index < -0.39 is 5.60 Å². The zero-order chi connectivity index (χ0) is 26.4. The highest BCUT2D eigenvalue weighted by Gasteiger charge is 2.47. The number of aryl methyl sites for hydroxylation is 1. The molecule has 2 bridgehead atoms. The number of hydrogen-bond donors (Lipinski definition) is 2. The van der Waals surface area contributed by atoms with Crippen LogP contribution < -0.4 is 15.0 Å². The zero-order valence-corrected chi connectivity index (χ0v) is 21.7. The van der Waals surface area contributed by atoms with Crippen molar-refractivity contribution in [2.24, 2.45) is 11.8 Å². The summed E-state index contributed by atoms with van der Waals surface area (Å²) in [6.07, 6.45) is 9.99. The first-order valence-corrected chi connectivity index (χ1v) is 12.8. The van der Waals surface area contributed by atoms with Crippen molar-refractivity contribution in [2.75, 3.05) is 29.9 Å². The summed E-state index contributed by atoms with van der Waals surface area (Å²) in [6.45, 7) is 7.35. The van der Waals surface area contributed by atoms with Crippen LogP contribution in [0.5, 0.6) is 5.75 Å². The molecule has 2 atom stereocenters. The second kappa shape index (κ2) is 9.26. The van der Waals surface area contributed by atoms with E-state index in [1.807, 2.05) is 43.7 Å². The SMILES string of the molecule is Cc1cnc(NC2C3CC2CN(c2ccc(-c4cc(OCC(C)(C)O)cn5ncc(C#N)c45)cn2)C3)nc1. The van der Waals surface area contributed by atoms with Gasteiger partial charge in [-0.1, -0.05) is 0 Å². The molecule has 2 unspecified atom stereocenters. The van der Waals surface area contributed by atoms with Crippen LogP contribution >= 0.6 is 0 Å². The lowest BCUT2D eigenvalue weighted by Gasteiger charge is -2.54. The number of nitriles is 1. The summed E-state index contributed by atoms with van der Waals surface area (Å²) in [5, 5.41) is 27.6. The van der Waals surface area contributed by atoms with E-state index in [4.69, 9.17) is 9.72 Å². The lowest BCUT2D eigenvalue weighted by Crippen LogP contribution is -2.61. The fourth-order valence-electron chi connectivity index (χ4n) is 5.40. The molecule has 6 heterocycles. The van der Waals surface area contributed by atoms with Crippen molar-refractivity contribution in [1.29, 1.82) is 5.26 Å². The molecule has 38 heavy (non-hydrogen) atoms. The Balaban J connectivity index is 1.21. The van der Waals surface area contributed by atoms with Gasteiger partial charge < -0.3 is 20.1 Å². The van der Waals surface area contributed by atoms with Gasteiger partial charge in [0.1, 0.15) is 24.2 Å². The summed E-state index contributed by atoms with van der Waals surface area (Å²) in [6, 6.07) is 8.55. The van der Waals surface area contributed by atoms with E-state index in [0.717, 1.165) is 35.6 Å². The summed E-state index contributed by atoms with van der Waals surface area (Å²) in [4.78, 5) is 16.0. The molecular formula is C28H30N8O2. The van der Waals surface area contributed by atoms with Crippen molar-refractivity contribution in [3.05, 3.63) is 60.3 Å². The molecule has 0 aromatic carbocycles. The molecule has 10 heteroatoms. The summed E-state index contributed by atoms with van der Waals surface area (Å²) in [5.74, 6) is 3.23. The molecule has 1 saturated carbocycles. The predicted molar refractivity (Wildman–Crippen MR) is 143 cm³/mol. The minimum Gasteiger partial charge on any atom is -0.489 e. The lowest BCUT2D eigenvalue weighted by molar-refractivity contribution is 0.0283. The molecule has 194 valence electrons. The Bertz CT molecular complexity index is 1490. The first-order chi connectivity index (χ1) is 18.3. The number of anilines is 2. The van der Waals surface area contributed by atoms with E-state index in [1.165, 1.54) is 6.42 Å². The molecule has 0 spiro atoms. The van der Waals surface area contributed by atoms with Crippen LogP contribution in [0, 0.1) is 30.1 Å². The van der Waals surface area contributed by atoms with Crippen molar-refractivity contribution in [1.82, 2.24) is 24.6 Å². The van der Waals surface area contributed by atoms with Gasteiger partial charge in [0.2, 0.25) is 5.95 Å². The fraction of sp³-hybridized carbons (Fsp3) is 0.393. The van der Waals surface area contributed by atoms with Gasteiger partial charge >= 0.3 is 0 Å². The Morgan fingerprint density at radius 3 is 2.55 bits per heavy atom. The van der Waals surface area contributed by atoms with Crippen LogP contribution in [-0.2, 0) is 0 Å². The summed E-state index contributed by atoms with van der Waals surface area (Å²) in [7, 11) is 0. The molecular weight excluding hydrogens is 480 g/mol. The van der Waals surface area contributed by atoms with Crippen LogP contribution in [0.4, 0.5) is 11.8 Å². The zero-order valence-electron chi connectivity index (χ0n) is 21.7. The van der Waals surface area contributed by atoms with E-state index in [-0.39, 0.29) is 6.61 Å². The second-order valence-corrected chi connectivity index (χ2v) is 11.0. The number of pyridine rings is 2. The largest absolute Gasteiger partial charge is 0.489 e. The summed E-state index contributed by atoms with van der Waals surface area (Å²) in [5.41, 5.74) is 2.92. The molecule has 0 amide bonds. The number of piperidine rings is 2. The van der Waals surface area contributed by atoms with Crippen LogP contribution in [0.1, 0.15) is 31.4 Å². The van der Waals surface area contributed by atoms with Crippen LogP contribution in [0.3, 0.4) is 0 Å². The number of hydrogen-bond acceptors (Lipinski definition) is 9. The van der Waals surface area contributed by atoms with Crippen molar-refractivity contribution >= 4 is 17.3 Å². The number of nitrogens with zero attached hydrogens (tertiary/aromatic N) is 7.